The fraction of sp³-hybridized carbons (Fsp3) is 0.429. The number of hydrogen-bond donors (Lipinski definition) is 1. The highest BCUT2D eigenvalue weighted by Crippen LogP contribution is 2.04. The van der Waals surface area contributed by atoms with Crippen LogP contribution in [0.3, 0.4) is 0 Å². The second-order valence-electron chi connectivity index (χ2n) is 2.13. The molecule has 0 atom stereocenters. The zero-order valence-electron chi connectivity index (χ0n) is 6.29. The van der Waals surface area contributed by atoms with Crippen molar-refractivity contribution in [2.45, 2.75) is 13.3 Å². The lowest BCUT2D eigenvalue weighted by molar-refractivity contribution is 0.570. The van der Waals surface area contributed by atoms with Crippen LogP contribution in [0, 0.1) is 18.3 Å². The van der Waals surface area contributed by atoms with Crippen LogP contribution in [-0.2, 0) is 0 Å². The van der Waals surface area contributed by atoms with Crippen molar-refractivity contribution in [2.24, 2.45) is 0 Å². The van der Waals surface area contributed by atoms with Crippen LogP contribution in [0.25, 0.3) is 0 Å². The molecule has 0 saturated heterocycles. The third kappa shape index (κ3) is 2.30. The van der Waals surface area contributed by atoms with Crippen LogP contribution in [0.4, 0.5) is 6.01 Å². The summed E-state index contributed by atoms with van der Waals surface area (Å²) in [5, 5.41) is 11.1. The molecule has 4 heteroatoms. The van der Waals surface area contributed by atoms with Crippen molar-refractivity contribution < 1.29 is 4.42 Å². The number of nitrogens with one attached hydrogen (secondary N) is 1. The van der Waals surface area contributed by atoms with E-state index in [-0.39, 0.29) is 0 Å². The molecule has 0 aliphatic heterocycles. The highest BCUT2D eigenvalue weighted by atomic mass is 16.4. The summed E-state index contributed by atoms with van der Waals surface area (Å²) >= 11 is 0. The minimum Gasteiger partial charge on any atom is -0.432 e. The SMILES string of the molecule is Cc1coc(NCCC#N)n1. The van der Waals surface area contributed by atoms with E-state index in [1.54, 1.807) is 6.26 Å². The molecular formula is C7H9N3O. The Morgan fingerprint density at radius 2 is 2.64 bits per heavy atom. The molecule has 0 amide bonds. The second-order valence-corrected chi connectivity index (χ2v) is 2.13. The maximum Gasteiger partial charge on any atom is 0.294 e. The molecule has 0 unspecified atom stereocenters. The van der Waals surface area contributed by atoms with Gasteiger partial charge in [0, 0.05) is 6.54 Å². The van der Waals surface area contributed by atoms with E-state index in [9.17, 15) is 0 Å². The summed E-state index contributed by atoms with van der Waals surface area (Å²) in [6.45, 7) is 2.43. The summed E-state index contributed by atoms with van der Waals surface area (Å²) in [5.74, 6) is 0. The zero-order valence-corrected chi connectivity index (χ0v) is 6.29. The van der Waals surface area contributed by atoms with Gasteiger partial charge in [0.2, 0.25) is 0 Å². The number of hydrogen-bond acceptors (Lipinski definition) is 4. The molecule has 0 aromatic carbocycles. The van der Waals surface area contributed by atoms with E-state index in [1.807, 2.05) is 13.0 Å². The first-order chi connectivity index (χ1) is 5.33. The minimum atomic E-state index is 0.460. The molecule has 11 heavy (non-hydrogen) atoms. The molecule has 0 bridgehead atoms. The fourth-order valence-electron chi connectivity index (χ4n) is 0.660. The molecule has 58 valence electrons. The van der Waals surface area contributed by atoms with E-state index in [0.29, 0.717) is 19.0 Å². The molecule has 1 rings (SSSR count). The molecule has 0 saturated carbocycles. The molecule has 1 heterocycles. The first-order valence-electron chi connectivity index (χ1n) is 3.36. The van der Waals surface area contributed by atoms with Gasteiger partial charge in [-0.05, 0) is 6.92 Å². The van der Waals surface area contributed by atoms with Gasteiger partial charge >= 0.3 is 0 Å². The van der Waals surface area contributed by atoms with Gasteiger partial charge in [0.15, 0.2) is 0 Å². The summed E-state index contributed by atoms with van der Waals surface area (Å²) in [6, 6.07) is 2.50. The van der Waals surface area contributed by atoms with Gasteiger partial charge < -0.3 is 9.73 Å². The number of nitriles is 1. The van der Waals surface area contributed by atoms with E-state index < -0.39 is 0 Å². The van der Waals surface area contributed by atoms with Crippen LogP contribution in [0.5, 0.6) is 0 Å². The molecule has 0 radical (unpaired) electrons. The monoisotopic (exact) mass is 151 g/mol. The van der Waals surface area contributed by atoms with Gasteiger partial charge in [-0.3, -0.25) is 0 Å². The van der Waals surface area contributed by atoms with Crippen molar-refractivity contribution in [2.75, 3.05) is 11.9 Å². The number of nitrogens with zero attached hydrogens (tertiary/aromatic N) is 2. The lowest BCUT2D eigenvalue weighted by Crippen LogP contribution is -1.99. The quantitative estimate of drug-likeness (QED) is 0.661. The van der Waals surface area contributed by atoms with Crippen LogP contribution in [0.15, 0.2) is 10.7 Å². The molecule has 0 aliphatic rings. The van der Waals surface area contributed by atoms with Crippen molar-refractivity contribution in [3.05, 3.63) is 12.0 Å². The third-order valence-corrected chi connectivity index (χ3v) is 1.13. The maximum absolute atomic E-state index is 8.21. The van der Waals surface area contributed by atoms with E-state index in [2.05, 4.69) is 10.3 Å². The largest absolute Gasteiger partial charge is 0.432 e. The molecule has 0 spiro atoms. The van der Waals surface area contributed by atoms with Gasteiger partial charge in [-0.1, -0.05) is 0 Å². The Kier molecular flexibility index (Phi) is 2.50. The second kappa shape index (κ2) is 3.62. The van der Waals surface area contributed by atoms with Crippen LogP contribution >= 0.6 is 0 Å². The molecule has 1 aromatic heterocycles. The minimum absolute atomic E-state index is 0.460. The normalized spacial score (nSPS) is 9.09. The standard InChI is InChI=1S/C7H9N3O/c1-6-5-11-7(10-6)9-4-2-3-8/h5H,2,4H2,1H3,(H,9,10). The fourth-order valence-corrected chi connectivity index (χ4v) is 0.660. The lowest BCUT2D eigenvalue weighted by atomic mass is 10.5. The molecular weight excluding hydrogens is 142 g/mol. The Morgan fingerprint density at radius 3 is 3.18 bits per heavy atom. The molecule has 0 aliphatic carbocycles. The third-order valence-electron chi connectivity index (χ3n) is 1.13. The summed E-state index contributed by atoms with van der Waals surface area (Å²) in [5.41, 5.74) is 0.837. The Morgan fingerprint density at radius 1 is 1.82 bits per heavy atom. The van der Waals surface area contributed by atoms with E-state index in [0.717, 1.165) is 5.69 Å². The van der Waals surface area contributed by atoms with Gasteiger partial charge in [-0.15, -0.1) is 0 Å². The van der Waals surface area contributed by atoms with Crippen molar-refractivity contribution >= 4 is 6.01 Å². The predicted octanol–water partition coefficient (Wildman–Crippen LogP) is 1.31. The lowest BCUT2D eigenvalue weighted by Gasteiger charge is -1.93. The number of rotatable bonds is 3. The molecule has 0 fully saturated rings. The van der Waals surface area contributed by atoms with Crippen LogP contribution < -0.4 is 5.32 Å². The molecule has 1 N–H and O–H groups in total. The van der Waals surface area contributed by atoms with E-state index >= 15 is 0 Å². The first-order valence-corrected chi connectivity index (χ1v) is 3.36. The van der Waals surface area contributed by atoms with Crippen LogP contribution in [0.1, 0.15) is 12.1 Å². The number of anilines is 1. The molecule has 4 nitrogen and oxygen atoms in total. The molecule has 1 aromatic rings. The highest BCUT2D eigenvalue weighted by Gasteiger charge is 1.96. The zero-order chi connectivity index (χ0) is 8.10. The van der Waals surface area contributed by atoms with Crippen molar-refractivity contribution in [3.8, 4) is 6.07 Å². The smallest absolute Gasteiger partial charge is 0.294 e. The Balaban J connectivity index is 2.34. The summed E-state index contributed by atoms with van der Waals surface area (Å²) in [7, 11) is 0. The average Bonchev–Trinajstić information content (AvgIpc) is 2.37. The highest BCUT2D eigenvalue weighted by molar-refractivity contribution is 5.20. The van der Waals surface area contributed by atoms with E-state index in [1.165, 1.54) is 0 Å². The van der Waals surface area contributed by atoms with Gasteiger partial charge in [0.05, 0.1) is 18.2 Å². The summed E-state index contributed by atoms with van der Waals surface area (Å²) in [6.07, 6.45) is 2.02. The number of aryl methyl sites for hydroxylation is 1. The van der Waals surface area contributed by atoms with Gasteiger partial charge in [0.25, 0.3) is 6.01 Å². The van der Waals surface area contributed by atoms with Crippen molar-refractivity contribution in [1.82, 2.24) is 4.98 Å². The van der Waals surface area contributed by atoms with Crippen molar-refractivity contribution in [1.29, 1.82) is 5.26 Å². The van der Waals surface area contributed by atoms with Gasteiger partial charge in [-0.2, -0.15) is 10.2 Å². The van der Waals surface area contributed by atoms with Crippen molar-refractivity contribution in [3.63, 3.8) is 0 Å². The van der Waals surface area contributed by atoms with Crippen LogP contribution in [0.2, 0.25) is 0 Å². The Bertz CT molecular complexity index is 261. The average molecular weight is 151 g/mol. The number of oxazole rings is 1. The first kappa shape index (κ1) is 7.61. The Hall–Kier alpha value is -1.50. The van der Waals surface area contributed by atoms with Crippen LogP contribution in [-0.4, -0.2) is 11.5 Å². The summed E-state index contributed by atoms with van der Waals surface area (Å²) < 4.78 is 4.98. The van der Waals surface area contributed by atoms with E-state index in [4.69, 9.17) is 9.68 Å². The maximum atomic E-state index is 8.21. The number of aromatic nitrogens is 1. The van der Waals surface area contributed by atoms with Gasteiger partial charge in [-0.25, -0.2) is 0 Å². The summed E-state index contributed by atoms with van der Waals surface area (Å²) in [4.78, 5) is 4.00. The Labute approximate surface area is 64.8 Å². The predicted molar refractivity (Wildman–Crippen MR) is 40.0 cm³/mol. The van der Waals surface area contributed by atoms with Gasteiger partial charge in [0.1, 0.15) is 6.26 Å². The topological polar surface area (TPSA) is 61.9 Å².